The number of nitrogens with one attached hydrogen (secondary N) is 1. The molecule has 16 heavy (non-hydrogen) atoms. The van der Waals surface area contributed by atoms with Crippen LogP contribution in [0.3, 0.4) is 0 Å². The molecule has 4 nitrogen and oxygen atoms in total. The summed E-state index contributed by atoms with van der Waals surface area (Å²) in [7, 11) is 0. The van der Waals surface area contributed by atoms with E-state index >= 15 is 0 Å². The summed E-state index contributed by atoms with van der Waals surface area (Å²) in [5.74, 6) is 2.33. The first-order chi connectivity index (χ1) is 7.31. The maximum absolute atomic E-state index is 11.6. The van der Waals surface area contributed by atoms with Crippen LogP contribution in [0.2, 0.25) is 0 Å². The second-order valence-corrected chi connectivity index (χ2v) is 5.14. The maximum atomic E-state index is 11.6. The van der Waals surface area contributed by atoms with E-state index in [2.05, 4.69) is 11.2 Å². The summed E-state index contributed by atoms with van der Waals surface area (Å²) in [5.41, 5.74) is -0.272. The van der Waals surface area contributed by atoms with Gasteiger partial charge in [-0.15, -0.1) is 12.3 Å². The van der Waals surface area contributed by atoms with Crippen LogP contribution in [0.4, 0.5) is 0 Å². The average molecular weight is 222 g/mol. The van der Waals surface area contributed by atoms with Gasteiger partial charge in [0, 0.05) is 24.4 Å². The summed E-state index contributed by atoms with van der Waals surface area (Å²) in [6.45, 7) is 6.31. The Morgan fingerprint density at radius 2 is 2.25 bits per heavy atom. The van der Waals surface area contributed by atoms with Crippen molar-refractivity contribution in [2.24, 2.45) is 5.92 Å². The van der Waals surface area contributed by atoms with Crippen molar-refractivity contribution in [1.29, 1.82) is 0 Å². The summed E-state index contributed by atoms with van der Waals surface area (Å²) >= 11 is 0. The number of likely N-dealkylation sites (tertiary alicyclic amines) is 1. The van der Waals surface area contributed by atoms with Crippen LogP contribution in [-0.4, -0.2) is 35.3 Å². The SMILES string of the molecule is C#CC1CC(=O)N(CC(=O)NC(C)(C)C)C1. The monoisotopic (exact) mass is 222 g/mol. The molecular formula is C12H18N2O2. The quantitative estimate of drug-likeness (QED) is 0.687. The van der Waals surface area contributed by atoms with Crippen LogP contribution in [0, 0.1) is 18.3 Å². The zero-order valence-corrected chi connectivity index (χ0v) is 10.0. The molecule has 1 rings (SSSR count). The van der Waals surface area contributed by atoms with Gasteiger partial charge in [0.15, 0.2) is 0 Å². The Hall–Kier alpha value is -1.50. The molecule has 1 unspecified atom stereocenters. The molecule has 1 fully saturated rings. The van der Waals surface area contributed by atoms with Gasteiger partial charge in [0.05, 0.1) is 6.54 Å². The normalized spacial score (nSPS) is 20.8. The van der Waals surface area contributed by atoms with Gasteiger partial charge in [0.2, 0.25) is 11.8 Å². The largest absolute Gasteiger partial charge is 0.350 e. The maximum Gasteiger partial charge on any atom is 0.240 e. The van der Waals surface area contributed by atoms with Crippen molar-refractivity contribution in [2.45, 2.75) is 32.7 Å². The van der Waals surface area contributed by atoms with Crippen molar-refractivity contribution in [3.63, 3.8) is 0 Å². The third kappa shape index (κ3) is 3.58. The molecule has 1 N–H and O–H groups in total. The molecule has 0 aromatic heterocycles. The minimum absolute atomic E-state index is 0.0352. The van der Waals surface area contributed by atoms with E-state index in [0.29, 0.717) is 13.0 Å². The number of carbonyl (C=O) groups is 2. The van der Waals surface area contributed by atoms with Gasteiger partial charge >= 0.3 is 0 Å². The van der Waals surface area contributed by atoms with Gasteiger partial charge in [-0.25, -0.2) is 0 Å². The molecule has 1 aliphatic heterocycles. The van der Waals surface area contributed by atoms with E-state index in [0.717, 1.165) is 0 Å². The van der Waals surface area contributed by atoms with Crippen molar-refractivity contribution in [2.75, 3.05) is 13.1 Å². The predicted octanol–water partition coefficient (Wildman–Crippen LogP) is 0.383. The molecule has 0 radical (unpaired) electrons. The van der Waals surface area contributed by atoms with E-state index in [1.165, 1.54) is 4.90 Å². The number of hydrogen-bond donors (Lipinski definition) is 1. The molecule has 88 valence electrons. The van der Waals surface area contributed by atoms with Crippen molar-refractivity contribution in [3.8, 4) is 12.3 Å². The molecule has 1 heterocycles. The first-order valence-corrected chi connectivity index (χ1v) is 5.37. The zero-order valence-electron chi connectivity index (χ0n) is 10.0. The Bertz CT molecular complexity index is 336. The molecule has 1 aliphatic rings. The van der Waals surface area contributed by atoms with Gasteiger partial charge in [-0.1, -0.05) is 0 Å². The lowest BCUT2D eigenvalue weighted by Gasteiger charge is -2.23. The topological polar surface area (TPSA) is 49.4 Å². The average Bonchev–Trinajstić information content (AvgIpc) is 2.44. The van der Waals surface area contributed by atoms with E-state index in [-0.39, 0.29) is 29.8 Å². The van der Waals surface area contributed by atoms with E-state index < -0.39 is 0 Å². The number of rotatable bonds is 2. The van der Waals surface area contributed by atoms with Crippen LogP contribution in [-0.2, 0) is 9.59 Å². The molecule has 0 saturated carbocycles. The Morgan fingerprint density at radius 1 is 1.62 bits per heavy atom. The van der Waals surface area contributed by atoms with Gasteiger partial charge in [-0.2, -0.15) is 0 Å². The summed E-state index contributed by atoms with van der Waals surface area (Å²) < 4.78 is 0. The van der Waals surface area contributed by atoms with Crippen LogP contribution in [0.25, 0.3) is 0 Å². The van der Waals surface area contributed by atoms with Crippen LogP contribution < -0.4 is 5.32 Å². The highest BCUT2D eigenvalue weighted by atomic mass is 16.2. The number of carbonyl (C=O) groups excluding carboxylic acids is 2. The van der Waals surface area contributed by atoms with E-state index in [1.54, 1.807) is 0 Å². The second kappa shape index (κ2) is 4.56. The molecule has 2 amide bonds. The highest BCUT2D eigenvalue weighted by molar-refractivity contribution is 5.86. The lowest BCUT2D eigenvalue weighted by molar-refractivity contribution is -0.133. The fraction of sp³-hybridized carbons (Fsp3) is 0.667. The lowest BCUT2D eigenvalue weighted by Crippen LogP contribution is -2.46. The van der Waals surface area contributed by atoms with Gasteiger partial charge < -0.3 is 10.2 Å². The molecule has 0 bridgehead atoms. The van der Waals surface area contributed by atoms with Crippen molar-refractivity contribution < 1.29 is 9.59 Å². The minimum atomic E-state index is -0.272. The van der Waals surface area contributed by atoms with Crippen LogP contribution in [0.15, 0.2) is 0 Å². The lowest BCUT2D eigenvalue weighted by atomic mass is 10.1. The van der Waals surface area contributed by atoms with Crippen molar-refractivity contribution in [1.82, 2.24) is 10.2 Å². The molecule has 0 aromatic carbocycles. The Labute approximate surface area is 96.4 Å². The third-order valence-corrected chi connectivity index (χ3v) is 2.30. The van der Waals surface area contributed by atoms with Crippen molar-refractivity contribution >= 4 is 11.8 Å². The Kier molecular flexibility index (Phi) is 3.58. The van der Waals surface area contributed by atoms with Crippen LogP contribution >= 0.6 is 0 Å². The zero-order chi connectivity index (χ0) is 12.3. The highest BCUT2D eigenvalue weighted by Gasteiger charge is 2.30. The fourth-order valence-corrected chi connectivity index (χ4v) is 1.67. The first kappa shape index (κ1) is 12.6. The molecule has 1 saturated heterocycles. The molecule has 0 spiro atoms. The fourth-order valence-electron chi connectivity index (χ4n) is 1.67. The van der Waals surface area contributed by atoms with Crippen LogP contribution in [0.1, 0.15) is 27.2 Å². The molecule has 4 heteroatoms. The summed E-state index contributed by atoms with van der Waals surface area (Å²) in [4.78, 5) is 24.6. The molecule has 0 aromatic rings. The van der Waals surface area contributed by atoms with E-state index in [4.69, 9.17) is 6.42 Å². The summed E-state index contributed by atoms with van der Waals surface area (Å²) in [5, 5.41) is 2.81. The summed E-state index contributed by atoms with van der Waals surface area (Å²) in [6, 6.07) is 0. The molecule has 0 aliphatic carbocycles. The minimum Gasteiger partial charge on any atom is -0.350 e. The van der Waals surface area contributed by atoms with E-state index in [9.17, 15) is 9.59 Å². The first-order valence-electron chi connectivity index (χ1n) is 5.37. The smallest absolute Gasteiger partial charge is 0.240 e. The van der Waals surface area contributed by atoms with Gasteiger partial charge in [0.25, 0.3) is 0 Å². The third-order valence-electron chi connectivity index (χ3n) is 2.30. The second-order valence-electron chi connectivity index (χ2n) is 5.14. The number of amides is 2. The van der Waals surface area contributed by atoms with E-state index in [1.807, 2.05) is 20.8 Å². The predicted molar refractivity (Wildman–Crippen MR) is 61.4 cm³/mol. The Balaban J connectivity index is 2.47. The number of terminal acetylenes is 1. The van der Waals surface area contributed by atoms with Gasteiger partial charge in [0.1, 0.15) is 0 Å². The summed E-state index contributed by atoms with van der Waals surface area (Å²) in [6.07, 6.45) is 5.62. The molecule has 1 atom stereocenters. The van der Waals surface area contributed by atoms with Gasteiger partial charge in [-0.3, -0.25) is 9.59 Å². The Morgan fingerprint density at radius 3 is 2.69 bits per heavy atom. The standard InChI is InChI=1S/C12H18N2O2/c1-5-9-6-11(16)14(7-9)8-10(15)13-12(2,3)4/h1,9H,6-8H2,2-4H3,(H,13,15). The highest BCUT2D eigenvalue weighted by Crippen LogP contribution is 2.16. The van der Waals surface area contributed by atoms with Crippen LogP contribution in [0.5, 0.6) is 0 Å². The van der Waals surface area contributed by atoms with Crippen molar-refractivity contribution in [3.05, 3.63) is 0 Å². The molecular weight excluding hydrogens is 204 g/mol. The van der Waals surface area contributed by atoms with Gasteiger partial charge in [-0.05, 0) is 20.8 Å². The number of nitrogens with zero attached hydrogens (tertiary/aromatic N) is 1. The number of hydrogen-bond acceptors (Lipinski definition) is 2.